The molecule has 4 rings (SSSR count). The predicted molar refractivity (Wildman–Crippen MR) is 113 cm³/mol. The van der Waals surface area contributed by atoms with Crippen LogP contribution < -0.4 is 0 Å². The molecule has 3 aromatic rings. The first kappa shape index (κ1) is 19.3. The Labute approximate surface area is 171 Å². The number of hydrogen-bond acceptors (Lipinski definition) is 4. The highest BCUT2D eigenvalue weighted by Gasteiger charge is 2.28. The van der Waals surface area contributed by atoms with Gasteiger partial charge in [0.1, 0.15) is 5.82 Å². The molecule has 0 spiro atoms. The van der Waals surface area contributed by atoms with Gasteiger partial charge in [-0.15, -0.1) is 0 Å². The molecule has 0 saturated carbocycles. The van der Waals surface area contributed by atoms with Crippen LogP contribution in [0.15, 0.2) is 54.6 Å². The third-order valence-corrected chi connectivity index (χ3v) is 5.47. The number of carbonyl (C=O) groups is 1. The first-order chi connectivity index (χ1) is 14.0. The standard InChI is InChI=1S/C24H25N3O2/c1-16-14-17(2)26-23(25-16)22-8-5-13-27(22)15-18-9-11-19(12-10-18)20-6-3-4-7-21(20)24(28)29/h3-4,6-7,9-12,14,22H,5,8,13,15H2,1-2H3,(H,28,29). The Balaban J connectivity index is 1.54. The Kier molecular flexibility index (Phi) is 5.41. The van der Waals surface area contributed by atoms with Gasteiger partial charge in [0.05, 0.1) is 11.6 Å². The summed E-state index contributed by atoms with van der Waals surface area (Å²) < 4.78 is 0. The van der Waals surface area contributed by atoms with Crippen molar-refractivity contribution in [3.63, 3.8) is 0 Å². The van der Waals surface area contributed by atoms with Crippen molar-refractivity contribution in [3.8, 4) is 11.1 Å². The number of likely N-dealkylation sites (tertiary alicyclic amines) is 1. The van der Waals surface area contributed by atoms with Crippen molar-refractivity contribution in [2.75, 3.05) is 6.54 Å². The molecule has 5 nitrogen and oxygen atoms in total. The highest BCUT2D eigenvalue weighted by Crippen LogP contribution is 2.32. The average Bonchev–Trinajstić information content (AvgIpc) is 3.16. The molecule has 148 valence electrons. The van der Waals surface area contributed by atoms with Crippen LogP contribution in [0.2, 0.25) is 0 Å². The minimum Gasteiger partial charge on any atom is -0.478 e. The van der Waals surface area contributed by atoms with Crippen LogP contribution >= 0.6 is 0 Å². The van der Waals surface area contributed by atoms with E-state index in [-0.39, 0.29) is 6.04 Å². The summed E-state index contributed by atoms with van der Waals surface area (Å²) in [4.78, 5) is 23.3. The Morgan fingerprint density at radius 2 is 1.76 bits per heavy atom. The van der Waals surface area contributed by atoms with Gasteiger partial charge < -0.3 is 5.11 Å². The minimum absolute atomic E-state index is 0.251. The van der Waals surface area contributed by atoms with Gasteiger partial charge in [-0.3, -0.25) is 4.90 Å². The van der Waals surface area contributed by atoms with E-state index in [1.165, 1.54) is 5.56 Å². The Morgan fingerprint density at radius 1 is 1.07 bits per heavy atom. The summed E-state index contributed by atoms with van der Waals surface area (Å²) in [5.41, 5.74) is 5.22. The number of carboxylic acids is 1. The van der Waals surface area contributed by atoms with Crippen LogP contribution in [-0.4, -0.2) is 32.5 Å². The maximum atomic E-state index is 11.5. The second-order valence-corrected chi connectivity index (χ2v) is 7.69. The van der Waals surface area contributed by atoms with Crippen LogP contribution in [-0.2, 0) is 6.54 Å². The molecular formula is C24H25N3O2. The summed E-state index contributed by atoms with van der Waals surface area (Å²) in [5.74, 6) is 0.0186. The highest BCUT2D eigenvalue weighted by atomic mass is 16.4. The van der Waals surface area contributed by atoms with E-state index < -0.39 is 5.97 Å². The lowest BCUT2D eigenvalue weighted by molar-refractivity contribution is 0.0697. The van der Waals surface area contributed by atoms with E-state index in [0.29, 0.717) is 5.56 Å². The molecule has 2 aromatic carbocycles. The molecule has 1 atom stereocenters. The van der Waals surface area contributed by atoms with E-state index in [2.05, 4.69) is 27.0 Å². The molecule has 0 aliphatic carbocycles. The number of aryl methyl sites for hydroxylation is 2. The van der Waals surface area contributed by atoms with E-state index in [4.69, 9.17) is 0 Å². The molecule has 1 fully saturated rings. The number of aromatic nitrogens is 2. The SMILES string of the molecule is Cc1cc(C)nc(C2CCCN2Cc2ccc(-c3ccccc3C(=O)O)cc2)n1. The summed E-state index contributed by atoms with van der Waals surface area (Å²) in [6, 6.07) is 17.6. The molecule has 29 heavy (non-hydrogen) atoms. The number of aromatic carboxylic acids is 1. The first-order valence-corrected chi connectivity index (χ1v) is 9.99. The van der Waals surface area contributed by atoms with Crippen molar-refractivity contribution in [1.82, 2.24) is 14.9 Å². The smallest absolute Gasteiger partial charge is 0.336 e. The molecule has 1 aliphatic rings. The van der Waals surface area contributed by atoms with E-state index in [1.807, 2.05) is 44.2 Å². The molecule has 2 heterocycles. The lowest BCUT2D eigenvalue weighted by Crippen LogP contribution is -2.24. The maximum Gasteiger partial charge on any atom is 0.336 e. The summed E-state index contributed by atoms with van der Waals surface area (Å²) in [7, 11) is 0. The second kappa shape index (κ2) is 8.13. The number of benzene rings is 2. The summed E-state index contributed by atoms with van der Waals surface area (Å²) in [6.07, 6.45) is 2.22. The van der Waals surface area contributed by atoms with Crippen LogP contribution in [0.25, 0.3) is 11.1 Å². The van der Waals surface area contributed by atoms with Crippen molar-refractivity contribution < 1.29 is 9.90 Å². The third kappa shape index (κ3) is 4.20. The van der Waals surface area contributed by atoms with Gasteiger partial charge in [-0.25, -0.2) is 14.8 Å². The van der Waals surface area contributed by atoms with Gasteiger partial charge in [0.2, 0.25) is 0 Å². The third-order valence-electron chi connectivity index (χ3n) is 5.47. The van der Waals surface area contributed by atoms with E-state index in [0.717, 1.165) is 54.3 Å². The van der Waals surface area contributed by atoms with E-state index in [9.17, 15) is 9.90 Å². The van der Waals surface area contributed by atoms with Crippen molar-refractivity contribution in [2.24, 2.45) is 0 Å². The molecule has 1 saturated heterocycles. The molecule has 1 unspecified atom stereocenters. The fourth-order valence-corrected chi connectivity index (χ4v) is 4.16. The van der Waals surface area contributed by atoms with Gasteiger partial charge in [0.15, 0.2) is 0 Å². The van der Waals surface area contributed by atoms with Crippen LogP contribution in [0.4, 0.5) is 0 Å². The fraction of sp³-hybridized carbons (Fsp3) is 0.292. The normalized spacial score (nSPS) is 16.8. The zero-order chi connectivity index (χ0) is 20.4. The molecule has 1 aromatic heterocycles. The van der Waals surface area contributed by atoms with Crippen LogP contribution in [0.5, 0.6) is 0 Å². The van der Waals surface area contributed by atoms with Gasteiger partial charge >= 0.3 is 5.97 Å². The summed E-state index contributed by atoms with van der Waals surface area (Å²) in [5, 5.41) is 9.43. The molecular weight excluding hydrogens is 362 g/mol. The Hall–Kier alpha value is -3.05. The first-order valence-electron chi connectivity index (χ1n) is 9.99. The topological polar surface area (TPSA) is 66.3 Å². The maximum absolute atomic E-state index is 11.5. The molecule has 1 aliphatic heterocycles. The zero-order valence-corrected chi connectivity index (χ0v) is 16.8. The quantitative estimate of drug-likeness (QED) is 0.681. The van der Waals surface area contributed by atoms with E-state index >= 15 is 0 Å². The summed E-state index contributed by atoms with van der Waals surface area (Å²) in [6.45, 7) is 5.91. The molecule has 0 radical (unpaired) electrons. The Bertz CT molecular complexity index is 1010. The molecule has 5 heteroatoms. The lowest BCUT2D eigenvalue weighted by atomic mass is 9.98. The number of hydrogen-bond donors (Lipinski definition) is 1. The fourth-order valence-electron chi connectivity index (χ4n) is 4.16. The van der Waals surface area contributed by atoms with Crippen molar-refractivity contribution in [2.45, 2.75) is 39.3 Å². The van der Waals surface area contributed by atoms with Crippen LogP contribution in [0.3, 0.4) is 0 Å². The molecule has 0 amide bonds. The van der Waals surface area contributed by atoms with Crippen LogP contribution in [0.1, 0.15) is 52.0 Å². The van der Waals surface area contributed by atoms with Gasteiger partial charge in [-0.1, -0.05) is 42.5 Å². The van der Waals surface area contributed by atoms with Crippen LogP contribution in [0, 0.1) is 13.8 Å². The Morgan fingerprint density at radius 3 is 2.45 bits per heavy atom. The van der Waals surface area contributed by atoms with Gasteiger partial charge in [-0.2, -0.15) is 0 Å². The summed E-state index contributed by atoms with van der Waals surface area (Å²) >= 11 is 0. The monoisotopic (exact) mass is 387 g/mol. The number of nitrogens with zero attached hydrogens (tertiary/aromatic N) is 3. The lowest BCUT2D eigenvalue weighted by Gasteiger charge is -2.24. The molecule has 0 bridgehead atoms. The highest BCUT2D eigenvalue weighted by molar-refractivity contribution is 5.95. The van der Waals surface area contributed by atoms with Gasteiger partial charge in [0.25, 0.3) is 0 Å². The van der Waals surface area contributed by atoms with Gasteiger partial charge in [-0.05, 0) is 62.1 Å². The zero-order valence-electron chi connectivity index (χ0n) is 16.8. The van der Waals surface area contributed by atoms with Gasteiger partial charge in [0, 0.05) is 17.9 Å². The van der Waals surface area contributed by atoms with Crippen molar-refractivity contribution >= 4 is 5.97 Å². The predicted octanol–water partition coefficient (Wildman–Crippen LogP) is 4.80. The molecule has 1 N–H and O–H groups in total. The van der Waals surface area contributed by atoms with Crippen molar-refractivity contribution in [3.05, 3.63) is 82.9 Å². The van der Waals surface area contributed by atoms with E-state index in [1.54, 1.807) is 12.1 Å². The van der Waals surface area contributed by atoms with Crippen molar-refractivity contribution in [1.29, 1.82) is 0 Å². The second-order valence-electron chi connectivity index (χ2n) is 7.69. The number of carboxylic acid groups (broad SMARTS) is 1. The number of rotatable bonds is 5. The average molecular weight is 387 g/mol. The minimum atomic E-state index is -0.905. The largest absolute Gasteiger partial charge is 0.478 e.